The summed E-state index contributed by atoms with van der Waals surface area (Å²) in [6.07, 6.45) is 0. The molecule has 0 aliphatic carbocycles. The second-order valence-electron chi connectivity index (χ2n) is 6.02. The van der Waals surface area contributed by atoms with Crippen molar-refractivity contribution < 1.29 is 32.6 Å². The van der Waals surface area contributed by atoms with E-state index < -0.39 is 40.4 Å². The summed E-state index contributed by atoms with van der Waals surface area (Å²) in [5, 5.41) is 8.97. The van der Waals surface area contributed by atoms with Gasteiger partial charge in [-0.15, -0.1) is 0 Å². The Bertz CT molecular complexity index is 848. The van der Waals surface area contributed by atoms with Crippen LogP contribution in [0.4, 0.5) is 0 Å². The maximum absolute atomic E-state index is 12.6. The van der Waals surface area contributed by atoms with Gasteiger partial charge in [-0.25, -0.2) is 12.7 Å². The highest BCUT2D eigenvalue weighted by Crippen LogP contribution is 2.32. The van der Waals surface area contributed by atoms with Crippen LogP contribution in [0.2, 0.25) is 0 Å². The summed E-state index contributed by atoms with van der Waals surface area (Å²) in [6, 6.07) is 3.15. The van der Waals surface area contributed by atoms with Crippen LogP contribution in [0.15, 0.2) is 23.1 Å². The van der Waals surface area contributed by atoms with Gasteiger partial charge in [0.15, 0.2) is 0 Å². The van der Waals surface area contributed by atoms with Crippen molar-refractivity contribution in [2.75, 3.05) is 26.8 Å². The van der Waals surface area contributed by atoms with Crippen LogP contribution < -0.4 is 0 Å². The topological polar surface area (TPSA) is 121 Å². The number of methoxy groups -OCH3 is 1. The van der Waals surface area contributed by atoms with Gasteiger partial charge in [0.05, 0.1) is 12.2 Å². The zero-order valence-corrected chi connectivity index (χ0v) is 15.4. The lowest BCUT2D eigenvalue weighted by atomic mass is 10.1. The lowest BCUT2D eigenvalue weighted by molar-refractivity contribution is -0.137. The molecular weight excluding hydrogens is 364 g/mol. The number of carboxylic acids is 1. The molecular formula is C16H20N2O7S. The van der Waals surface area contributed by atoms with Gasteiger partial charge in [-0.1, -0.05) is 0 Å². The standard InChI is InChI=1S/C16H20N2O7S/c1-10(2)18-16(22)12-5-4-11(8-13(12)26(18,23)24)15(21)17(6-7-25-3)9-14(19)20/h4-5,8,10H,6-7,9H2,1-3H3,(H,19,20). The number of fused-ring (bicyclic) bond motifs is 1. The third-order valence-corrected chi connectivity index (χ3v) is 5.84. The SMILES string of the molecule is COCCN(CC(=O)O)C(=O)c1ccc2c(c1)S(=O)(=O)N(C(C)C)C2=O. The Morgan fingerprint density at radius 3 is 2.50 bits per heavy atom. The molecule has 0 aromatic heterocycles. The molecule has 1 aromatic carbocycles. The summed E-state index contributed by atoms with van der Waals surface area (Å²) < 4.78 is 30.8. The summed E-state index contributed by atoms with van der Waals surface area (Å²) in [5.41, 5.74) is -0.0139. The number of amides is 2. The molecule has 10 heteroatoms. The maximum atomic E-state index is 12.6. The molecule has 0 spiro atoms. The minimum absolute atomic E-state index is 0.00285. The number of benzene rings is 1. The first-order valence-electron chi connectivity index (χ1n) is 7.84. The minimum atomic E-state index is -4.04. The first kappa shape index (κ1) is 19.9. The van der Waals surface area contributed by atoms with Crippen molar-refractivity contribution in [3.63, 3.8) is 0 Å². The van der Waals surface area contributed by atoms with Crippen LogP contribution in [0.1, 0.15) is 34.6 Å². The van der Waals surface area contributed by atoms with Gasteiger partial charge >= 0.3 is 5.97 Å². The average Bonchev–Trinajstić information content (AvgIpc) is 2.76. The van der Waals surface area contributed by atoms with E-state index in [9.17, 15) is 22.8 Å². The monoisotopic (exact) mass is 384 g/mol. The van der Waals surface area contributed by atoms with Crippen molar-refractivity contribution in [2.24, 2.45) is 0 Å². The van der Waals surface area contributed by atoms with E-state index in [0.717, 1.165) is 15.3 Å². The molecule has 0 radical (unpaired) electrons. The van der Waals surface area contributed by atoms with Crippen LogP contribution in [0.3, 0.4) is 0 Å². The van der Waals surface area contributed by atoms with Crippen molar-refractivity contribution >= 4 is 27.8 Å². The molecule has 1 aliphatic rings. The highest BCUT2D eigenvalue weighted by Gasteiger charge is 2.43. The number of sulfonamides is 1. The molecule has 26 heavy (non-hydrogen) atoms. The Morgan fingerprint density at radius 2 is 1.96 bits per heavy atom. The summed E-state index contributed by atoms with van der Waals surface area (Å²) in [7, 11) is -2.63. The smallest absolute Gasteiger partial charge is 0.323 e. The molecule has 1 N–H and O–H groups in total. The Labute approximate surface area is 151 Å². The molecule has 0 saturated carbocycles. The van der Waals surface area contributed by atoms with Gasteiger partial charge in [-0.3, -0.25) is 14.4 Å². The van der Waals surface area contributed by atoms with Crippen LogP contribution >= 0.6 is 0 Å². The molecule has 0 bridgehead atoms. The zero-order valence-electron chi connectivity index (χ0n) is 14.6. The molecule has 0 unspecified atom stereocenters. The van der Waals surface area contributed by atoms with E-state index in [1.54, 1.807) is 13.8 Å². The Kier molecular flexibility index (Phi) is 5.67. The number of rotatable bonds is 7. The number of carbonyl (C=O) groups is 3. The van der Waals surface area contributed by atoms with Gasteiger partial charge in [0.25, 0.3) is 21.8 Å². The van der Waals surface area contributed by atoms with Crippen LogP contribution in [0, 0.1) is 0 Å². The van der Waals surface area contributed by atoms with Gasteiger partial charge in [0.2, 0.25) is 0 Å². The number of ether oxygens (including phenoxy) is 1. The first-order valence-corrected chi connectivity index (χ1v) is 9.28. The fourth-order valence-corrected chi connectivity index (χ4v) is 4.48. The van der Waals surface area contributed by atoms with Crippen molar-refractivity contribution in [3.05, 3.63) is 29.3 Å². The van der Waals surface area contributed by atoms with Gasteiger partial charge in [-0.05, 0) is 32.0 Å². The Hall–Kier alpha value is -2.46. The van der Waals surface area contributed by atoms with Crippen LogP contribution in [0.5, 0.6) is 0 Å². The van der Waals surface area contributed by atoms with Gasteiger partial charge in [0.1, 0.15) is 11.4 Å². The predicted octanol–water partition coefficient (Wildman–Crippen LogP) is 0.413. The highest BCUT2D eigenvalue weighted by atomic mass is 32.2. The maximum Gasteiger partial charge on any atom is 0.323 e. The summed E-state index contributed by atoms with van der Waals surface area (Å²) >= 11 is 0. The average molecular weight is 384 g/mol. The van der Waals surface area contributed by atoms with Crippen molar-refractivity contribution in [2.45, 2.75) is 24.8 Å². The highest BCUT2D eigenvalue weighted by molar-refractivity contribution is 7.90. The third kappa shape index (κ3) is 3.56. The van der Waals surface area contributed by atoms with E-state index in [4.69, 9.17) is 9.84 Å². The molecule has 1 heterocycles. The van der Waals surface area contributed by atoms with Gasteiger partial charge < -0.3 is 14.7 Å². The fraction of sp³-hybridized carbons (Fsp3) is 0.438. The fourth-order valence-electron chi connectivity index (χ4n) is 2.69. The molecule has 0 atom stereocenters. The molecule has 0 saturated heterocycles. The summed E-state index contributed by atoms with van der Waals surface area (Å²) in [5.74, 6) is -2.50. The van der Waals surface area contributed by atoms with Crippen molar-refractivity contribution in [1.82, 2.24) is 9.21 Å². The summed E-state index contributed by atoms with van der Waals surface area (Å²) in [6.45, 7) is 2.76. The summed E-state index contributed by atoms with van der Waals surface area (Å²) in [4.78, 5) is 36.7. The van der Waals surface area contributed by atoms with Crippen LogP contribution in [-0.2, 0) is 19.6 Å². The van der Waals surface area contributed by atoms with E-state index in [1.165, 1.54) is 19.2 Å². The Balaban J connectivity index is 2.43. The third-order valence-electron chi connectivity index (χ3n) is 3.84. The molecule has 1 aromatic rings. The number of hydrogen-bond donors (Lipinski definition) is 1. The molecule has 1 aliphatic heterocycles. The molecule has 9 nitrogen and oxygen atoms in total. The molecule has 0 fully saturated rings. The van der Waals surface area contributed by atoms with Crippen LogP contribution in [0.25, 0.3) is 0 Å². The lowest BCUT2D eigenvalue weighted by Gasteiger charge is -2.20. The number of carbonyl (C=O) groups excluding carboxylic acids is 2. The Morgan fingerprint density at radius 1 is 1.31 bits per heavy atom. The second kappa shape index (κ2) is 7.42. The number of nitrogens with zero attached hydrogens (tertiary/aromatic N) is 2. The number of carboxylic acid groups (broad SMARTS) is 1. The number of hydrogen-bond acceptors (Lipinski definition) is 6. The van der Waals surface area contributed by atoms with E-state index in [2.05, 4.69) is 0 Å². The molecule has 142 valence electrons. The van der Waals surface area contributed by atoms with E-state index in [-0.39, 0.29) is 29.2 Å². The lowest BCUT2D eigenvalue weighted by Crippen LogP contribution is -2.38. The normalized spacial score (nSPS) is 15.2. The van der Waals surface area contributed by atoms with Crippen molar-refractivity contribution in [3.8, 4) is 0 Å². The molecule has 2 amide bonds. The second-order valence-corrected chi connectivity index (χ2v) is 7.81. The van der Waals surface area contributed by atoms with Crippen LogP contribution in [-0.4, -0.2) is 73.4 Å². The predicted molar refractivity (Wildman–Crippen MR) is 90.3 cm³/mol. The van der Waals surface area contributed by atoms with Gasteiger partial charge in [0, 0.05) is 25.3 Å². The van der Waals surface area contributed by atoms with E-state index >= 15 is 0 Å². The number of aliphatic carboxylic acids is 1. The quantitative estimate of drug-likeness (QED) is 0.723. The van der Waals surface area contributed by atoms with Gasteiger partial charge in [-0.2, -0.15) is 0 Å². The zero-order chi connectivity index (χ0) is 19.6. The minimum Gasteiger partial charge on any atom is -0.480 e. The first-order chi connectivity index (χ1) is 12.1. The van der Waals surface area contributed by atoms with E-state index in [1.807, 2.05) is 0 Å². The van der Waals surface area contributed by atoms with Crippen molar-refractivity contribution in [1.29, 1.82) is 0 Å². The van der Waals surface area contributed by atoms with E-state index in [0.29, 0.717) is 0 Å². The largest absolute Gasteiger partial charge is 0.480 e. The molecule has 2 rings (SSSR count).